The first-order valence-corrected chi connectivity index (χ1v) is 7.99. The first-order valence-electron chi connectivity index (χ1n) is 5.46. The van der Waals surface area contributed by atoms with Crippen LogP contribution < -0.4 is 4.74 Å². The Morgan fingerprint density at radius 2 is 2.05 bits per heavy atom. The van der Waals surface area contributed by atoms with Crippen molar-refractivity contribution in [2.45, 2.75) is 4.90 Å². The van der Waals surface area contributed by atoms with Crippen molar-refractivity contribution in [2.75, 3.05) is 12.9 Å². The molecule has 0 spiro atoms. The van der Waals surface area contributed by atoms with Gasteiger partial charge in [0.15, 0.2) is 15.6 Å². The Hall–Kier alpha value is -1.66. The van der Waals surface area contributed by atoms with Gasteiger partial charge in [0.25, 0.3) is 0 Å². The van der Waals surface area contributed by atoms with E-state index < -0.39 is 21.4 Å². The molecule has 19 heavy (non-hydrogen) atoms. The summed E-state index contributed by atoms with van der Waals surface area (Å²) in [5.74, 6) is -0.469. The Balaban J connectivity index is 2.25. The minimum absolute atomic E-state index is 0.0942. The lowest BCUT2D eigenvalue weighted by Crippen LogP contribution is -2.15. The number of hydrogen-bond acceptors (Lipinski definition) is 5. The molecule has 0 saturated carbocycles. The van der Waals surface area contributed by atoms with Gasteiger partial charge in [0.05, 0.1) is 16.9 Å². The molecule has 1 heterocycles. The third-order valence-electron chi connectivity index (χ3n) is 2.52. The molecule has 4 nitrogen and oxygen atoms in total. The first-order chi connectivity index (χ1) is 9.03. The highest BCUT2D eigenvalue weighted by atomic mass is 32.2. The van der Waals surface area contributed by atoms with Gasteiger partial charge in [0.2, 0.25) is 0 Å². The van der Waals surface area contributed by atoms with E-state index in [9.17, 15) is 13.2 Å². The van der Waals surface area contributed by atoms with Crippen molar-refractivity contribution < 1.29 is 17.9 Å². The van der Waals surface area contributed by atoms with Gasteiger partial charge in [-0.1, -0.05) is 12.1 Å². The van der Waals surface area contributed by atoms with Crippen LogP contribution in [0.15, 0.2) is 46.7 Å². The molecule has 0 amide bonds. The summed E-state index contributed by atoms with van der Waals surface area (Å²) in [6, 6.07) is 9.45. The molecule has 0 N–H and O–H groups in total. The maximum atomic E-state index is 12.1. The average molecular weight is 296 g/mol. The molecule has 0 fully saturated rings. The van der Waals surface area contributed by atoms with Crippen LogP contribution in [0.3, 0.4) is 0 Å². The minimum atomic E-state index is -3.64. The molecule has 0 unspecified atom stereocenters. The van der Waals surface area contributed by atoms with E-state index in [4.69, 9.17) is 4.74 Å². The Morgan fingerprint density at radius 3 is 2.68 bits per heavy atom. The summed E-state index contributed by atoms with van der Waals surface area (Å²) in [5, 5.41) is 1.74. The fraction of sp³-hybridized carbons (Fsp3) is 0.154. The molecule has 0 aliphatic heterocycles. The summed E-state index contributed by atoms with van der Waals surface area (Å²) in [6.07, 6.45) is 0. The summed E-state index contributed by atoms with van der Waals surface area (Å²) in [6.45, 7) is 0. The highest BCUT2D eigenvalue weighted by Gasteiger charge is 2.21. The third-order valence-corrected chi connectivity index (χ3v) is 5.04. The smallest absolute Gasteiger partial charge is 0.188 e. The van der Waals surface area contributed by atoms with Gasteiger partial charge in [0.1, 0.15) is 11.5 Å². The number of sulfone groups is 1. The largest absolute Gasteiger partial charge is 0.497 e. The van der Waals surface area contributed by atoms with Crippen LogP contribution in [0, 0.1) is 0 Å². The highest BCUT2D eigenvalue weighted by molar-refractivity contribution is 7.92. The maximum absolute atomic E-state index is 12.1. The molecular weight excluding hydrogens is 284 g/mol. The van der Waals surface area contributed by atoms with E-state index in [1.54, 1.807) is 29.6 Å². The standard InChI is InChI=1S/C13H12O4S2/c1-17-10-4-2-5-11(8-10)19(15,16)9-12(14)13-6-3-7-18-13/h2-8H,9H2,1H3. The monoisotopic (exact) mass is 296 g/mol. The van der Waals surface area contributed by atoms with Crippen LogP contribution in [-0.2, 0) is 9.84 Å². The molecule has 100 valence electrons. The first kappa shape index (κ1) is 13.8. The zero-order chi connectivity index (χ0) is 13.9. The highest BCUT2D eigenvalue weighted by Crippen LogP contribution is 2.20. The van der Waals surface area contributed by atoms with Gasteiger partial charge in [-0.05, 0) is 29.6 Å². The van der Waals surface area contributed by atoms with Crippen LogP contribution in [0.4, 0.5) is 0 Å². The van der Waals surface area contributed by atoms with E-state index in [0.29, 0.717) is 10.6 Å². The zero-order valence-corrected chi connectivity index (χ0v) is 11.8. The van der Waals surface area contributed by atoms with Crippen molar-refractivity contribution in [1.29, 1.82) is 0 Å². The molecule has 0 radical (unpaired) electrons. The number of benzene rings is 1. The average Bonchev–Trinajstić information content (AvgIpc) is 2.92. The second-order valence-corrected chi connectivity index (χ2v) is 6.78. The van der Waals surface area contributed by atoms with Crippen LogP contribution >= 0.6 is 11.3 Å². The summed E-state index contributed by atoms with van der Waals surface area (Å²) < 4.78 is 29.2. The molecular formula is C13H12O4S2. The number of methoxy groups -OCH3 is 1. The summed E-state index contributed by atoms with van der Waals surface area (Å²) in [4.78, 5) is 12.4. The minimum Gasteiger partial charge on any atom is -0.497 e. The Labute approximate surface area is 115 Å². The Kier molecular flexibility index (Phi) is 4.01. The van der Waals surface area contributed by atoms with Crippen LogP contribution in [-0.4, -0.2) is 27.1 Å². The van der Waals surface area contributed by atoms with Gasteiger partial charge in [-0.25, -0.2) is 8.42 Å². The lowest BCUT2D eigenvalue weighted by atomic mass is 10.3. The lowest BCUT2D eigenvalue weighted by molar-refractivity contribution is 0.102. The van der Waals surface area contributed by atoms with Gasteiger partial charge >= 0.3 is 0 Å². The van der Waals surface area contributed by atoms with E-state index in [2.05, 4.69) is 0 Å². The van der Waals surface area contributed by atoms with Crippen LogP contribution in [0.2, 0.25) is 0 Å². The molecule has 0 aliphatic carbocycles. The third kappa shape index (κ3) is 3.21. The molecule has 0 bridgehead atoms. The SMILES string of the molecule is COc1cccc(S(=O)(=O)CC(=O)c2cccs2)c1. The van der Waals surface area contributed by atoms with E-state index in [-0.39, 0.29) is 4.90 Å². The van der Waals surface area contributed by atoms with Crippen molar-refractivity contribution in [3.63, 3.8) is 0 Å². The summed E-state index contributed by atoms with van der Waals surface area (Å²) in [7, 11) is -2.18. The fourth-order valence-corrected chi connectivity index (χ4v) is 3.56. The molecule has 0 aliphatic rings. The predicted octanol–water partition coefficient (Wildman–Crippen LogP) is 2.41. The van der Waals surface area contributed by atoms with Gasteiger partial charge in [-0.3, -0.25) is 4.79 Å². The van der Waals surface area contributed by atoms with Crippen LogP contribution in [0.5, 0.6) is 5.75 Å². The normalized spacial score (nSPS) is 11.2. The van der Waals surface area contributed by atoms with Gasteiger partial charge in [0, 0.05) is 0 Å². The van der Waals surface area contributed by atoms with Gasteiger partial charge in [-0.15, -0.1) is 11.3 Å². The second kappa shape index (κ2) is 5.54. The van der Waals surface area contributed by atoms with Crippen molar-refractivity contribution in [2.24, 2.45) is 0 Å². The van der Waals surface area contributed by atoms with Crippen molar-refractivity contribution >= 4 is 27.0 Å². The molecule has 0 saturated heterocycles. The predicted molar refractivity (Wildman–Crippen MR) is 73.7 cm³/mol. The van der Waals surface area contributed by atoms with Gasteiger partial charge < -0.3 is 4.74 Å². The number of ketones is 1. The quantitative estimate of drug-likeness (QED) is 0.795. The molecule has 1 aromatic carbocycles. The number of carbonyl (C=O) groups excluding carboxylic acids is 1. The van der Waals surface area contributed by atoms with E-state index in [1.807, 2.05) is 0 Å². The number of rotatable bonds is 5. The number of hydrogen-bond donors (Lipinski definition) is 0. The maximum Gasteiger partial charge on any atom is 0.188 e. The Morgan fingerprint density at radius 1 is 1.26 bits per heavy atom. The molecule has 0 atom stereocenters. The zero-order valence-electron chi connectivity index (χ0n) is 10.2. The Bertz CT molecular complexity index is 672. The number of ether oxygens (including phenoxy) is 1. The fourth-order valence-electron chi connectivity index (χ4n) is 1.56. The lowest BCUT2D eigenvalue weighted by Gasteiger charge is -2.05. The van der Waals surface area contributed by atoms with Crippen LogP contribution in [0.25, 0.3) is 0 Å². The summed E-state index contributed by atoms with van der Waals surface area (Å²) in [5.41, 5.74) is 0. The van der Waals surface area contributed by atoms with Crippen LogP contribution in [0.1, 0.15) is 9.67 Å². The number of carbonyl (C=O) groups is 1. The van der Waals surface area contributed by atoms with Gasteiger partial charge in [-0.2, -0.15) is 0 Å². The van der Waals surface area contributed by atoms with Crippen molar-refractivity contribution in [3.8, 4) is 5.75 Å². The molecule has 2 aromatic rings. The van der Waals surface area contributed by atoms with Crippen molar-refractivity contribution in [3.05, 3.63) is 46.7 Å². The number of Topliss-reactive ketones (excluding diaryl/α,β-unsaturated/α-hetero) is 1. The molecule has 1 aromatic heterocycles. The summed E-state index contributed by atoms with van der Waals surface area (Å²) >= 11 is 1.24. The molecule has 2 rings (SSSR count). The van der Waals surface area contributed by atoms with Crippen molar-refractivity contribution in [1.82, 2.24) is 0 Å². The molecule has 6 heteroatoms. The van der Waals surface area contributed by atoms with E-state index >= 15 is 0 Å². The second-order valence-electron chi connectivity index (χ2n) is 3.84. The van der Waals surface area contributed by atoms with E-state index in [1.165, 1.54) is 30.6 Å². The topological polar surface area (TPSA) is 60.4 Å². The number of thiophene rings is 1. The van der Waals surface area contributed by atoms with E-state index in [0.717, 1.165) is 0 Å².